The van der Waals surface area contributed by atoms with Crippen molar-refractivity contribution in [2.24, 2.45) is 0 Å². The molecule has 2 aromatic carbocycles. The zero-order chi connectivity index (χ0) is 15.6. The van der Waals surface area contributed by atoms with Crippen molar-refractivity contribution in [2.45, 2.75) is 37.5 Å². The van der Waals surface area contributed by atoms with Crippen LogP contribution >= 0.6 is 0 Å². The molecule has 0 aliphatic carbocycles. The number of sulfonamides is 1. The summed E-state index contributed by atoms with van der Waals surface area (Å²) in [4.78, 5) is 0.379. The summed E-state index contributed by atoms with van der Waals surface area (Å²) in [6.45, 7) is 2.68. The Hall–Kier alpha value is -1.81. The lowest BCUT2D eigenvalue weighted by Crippen LogP contribution is -2.29. The van der Waals surface area contributed by atoms with Gasteiger partial charge in [0.25, 0.3) is 10.0 Å². The first-order valence-corrected chi connectivity index (χ1v) is 9.26. The Bertz CT molecular complexity index is 751. The van der Waals surface area contributed by atoms with E-state index in [9.17, 15) is 8.42 Å². The molecule has 0 amide bonds. The van der Waals surface area contributed by atoms with Crippen LogP contribution in [0.5, 0.6) is 0 Å². The fourth-order valence-electron chi connectivity index (χ4n) is 2.89. The van der Waals surface area contributed by atoms with Crippen molar-refractivity contribution < 1.29 is 8.42 Å². The molecular weight excluding hydrogens is 294 g/mol. The number of rotatable bonds is 5. The third kappa shape index (κ3) is 2.75. The molecule has 22 heavy (non-hydrogen) atoms. The summed E-state index contributed by atoms with van der Waals surface area (Å²) in [7, 11) is -3.46. The second kappa shape index (κ2) is 6.13. The molecule has 3 rings (SSSR count). The Morgan fingerprint density at radius 1 is 1.05 bits per heavy atom. The second-order valence-corrected chi connectivity index (χ2v) is 7.57. The van der Waals surface area contributed by atoms with Gasteiger partial charge in [-0.2, -0.15) is 0 Å². The first-order chi connectivity index (χ1) is 10.6. The van der Waals surface area contributed by atoms with Crippen molar-refractivity contribution in [3.05, 3.63) is 59.7 Å². The molecule has 0 bridgehead atoms. The number of hydrogen-bond acceptors (Lipinski definition) is 2. The van der Waals surface area contributed by atoms with Gasteiger partial charge in [-0.25, -0.2) is 8.42 Å². The van der Waals surface area contributed by atoms with Gasteiger partial charge in [-0.1, -0.05) is 43.7 Å². The Balaban J connectivity index is 1.88. The normalized spacial score (nSPS) is 14.1. The number of anilines is 1. The van der Waals surface area contributed by atoms with Crippen LogP contribution in [0, 0.1) is 0 Å². The van der Waals surface area contributed by atoms with E-state index in [4.69, 9.17) is 0 Å². The Morgan fingerprint density at radius 2 is 1.77 bits per heavy atom. The van der Waals surface area contributed by atoms with Gasteiger partial charge >= 0.3 is 0 Å². The molecule has 0 unspecified atom stereocenters. The summed E-state index contributed by atoms with van der Waals surface area (Å²) in [5.41, 5.74) is 3.12. The maximum absolute atomic E-state index is 12.8. The fourth-order valence-corrected chi connectivity index (χ4v) is 4.40. The van der Waals surface area contributed by atoms with E-state index in [2.05, 4.69) is 6.92 Å². The first-order valence-electron chi connectivity index (χ1n) is 7.82. The maximum atomic E-state index is 12.8. The third-order valence-corrected chi connectivity index (χ3v) is 6.00. The van der Waals surface area contributed by atoms with Gasteiger partial charge in [0, 0.05) is 6.54 Å². The molecule has 4 heteroatoms. The van der Waals surface area contributed by atoms with Crippen LogP contribution in [0.3, 0.4) is 0 Å². The second-order valence-electron chi connectivity index (χ2n) is 5.70. The highest BCUT2D eigenvalue weighted by atomic mass is 32.2. The summed E-state index contributed by atoms with van der Waals surface area (Å²) < 4.78 is 27.2. The van der Waals surface area contributed by atoms with Crippen LogP contribution in [0.1, 0.15) is 30.9 Å². The minimum absolute atomic E-state index is 0.379. The molecular formula is C18H21NO2S. The van der Waals surface area contributed by atoms with Crippen molar-refractivity contribution in [2.75, 3.05) is 10.8 Å². The first kappa shape index (κ1) is 15.1. The van der Waals surface area contributed by atoms with Crippen LogP contribution in [-0.4, -0.2) is 15.0 Å². The molecule has 1 aliphatic rings. The minimum Gasteiger partial charge on any atom is -0.266 e. The van der Waals surface area contributed by atoms with Gasteiger partial charge in [0.05, 0.1) is 10.6 Å². The van der Waals surface area contributed by atoms with Crippen LogP contribution in [0.2, 0.25) is 0 Å². The molecule has 0 saturated carbocycles. The van der Waals surface area contributed by atoms with E-state index in [0.717, 1.165) is 36.9 Å². The minimum atomic E-state index is -3.46. The lowest BCUT2D eigenvalue weighted by Gasteiger charge is -2.19. The van der Waals surface area contributed by atoms with E-state index < -0.39 is 10.0 Å². The van der Waals surface area contributed by atoms with Crippen molar-refractivity contribution in [1.29, 1.82) is 0 Å². The van der Waals surface area contributed by atoms with Crippen molar-refractivity contribution >= 4 is 15.7 Å². The predicted molar refractivity (Wildman–Crippen MR) is 89.7 cm³/mol. The Labute approximate surface area is 132 Å². The van der Waals surface area contributed by atoms with Crippen LogP contribution < -0.4 is 4.31 Å². The molecule has 0 atom stereocenters. The largest absolute Gasteiger partial charge is 0.266 e. The van der Waals surface area contributed by atoms with Crippen LogP contribution in [0.15, 0.2) is 53.4 Å². The van der Waals surface area contributed by atoms with E-state index in [1.807, 2.05) is 36.4 Å². The fraction of sp³-hybridized carbons (Fsp3) is 0.333. The summed E-state index contributed by atoms with van der Waals surface area (Å²) in [6.07, 6.45) is 4.06. The summed E-state index contributed by atoms with van der Waals surface area (Å²) in [6, 6.07) is 15.1. The molecule has 1 heterocycles. The molecule has 0 aromatic heterocycles. The molecule has 3 nitrogen and oxygen atoms in total. The zero-order valence-corrected chi connectivity index (χ0v) is 13.6. The van der Waals surface area contributed by atoms with Gasteiger partial charge in [-0.05, 0) is 48.6 Å². The Kier molecular flexibility index (Phi) is 4.21. The number of benzene rings is 2. The van der Waals surface area contributed by atoms with Crippen molar-refractivity contribution in [3.8, 4) is 0 Å². The average molecular weight is 315 g/mol. The summed E-state index contributed by atoms with van der Waals surface area (Å²) in [5.74, 6) is 0. The highest BCUT2D eigenvalue weighted by Gasteiger charge is 2.30. The van der Waals surface area contributed by atoms with E-state index in [1.165, 1.54) is 9.87 Å². The number of fused-ring (bicyclic) bond motifs is 1. The van der Waals surface area contributed by atoms with Crippen molar-refractivity contribution in [1.82, 2.24) is 0 Å². The summed E-state index contributed by atoms with van der Waals surface area (Å²) >= 11 is 0. The average Bonchev–Trinajstić information content (AvgIpc) is 2.98. The quantitative estimate of drug-likeness (QED) is 0.842. The van der Waals surface area contributed by atoms with Gasteiger partial charge in [0.1, 0.15) is 0 Å². The maximum Gasteiger partial charge on any atom is 0.264 e. The van der Waals surface area contributed by atoms with E-state index in [0.29, 0.717) is 11.4 Å². The molecule has 2 aromatic rings. The van der Waals surface area contributed by atoms with Gasteiger partial charge in [-0.3, -0.25) is 4.31 Å². The predicted octanol–water partition coefficient (Wildman–Crippen LogP) is 3.78. The van der Waals surface area contributed by atoms with Gasteiger partial charge in [0.15, 0.2) is 0 Å². The van der Waals surface area contributed by atoms with Crippen LogP contribution in [0.25, 0.3) is 0 Å². The molecule has 0 N–H and O–H groups in total. The number of para-hydroxylation sites is 1. The number of unbranched alkanes of at least 4 members (excludes halogenated alkanes) is 1. The number of nitrogens with zero attached hydrogens (tertiary/aromatic N) is 1. The molecule has 0 radical (unpaired) electrons. The monoisotopic (exact) mass is 315 g/mol. The lowest BCUT2D eigenvalue weighted by molar-refractivity contribution is 0.592. The smallest absolute Gasteiger partial charge is 0.264 e. The SMILES string of the molecule is CCCCc1ccc(S(=O)(=O)N2CCc3ccccc32)cc1. The third-order valence-electron chi connectivity index (χ3n) is 4.17. The zero-order valence-electron chi connectivity index (χ0n) is 12.8. The molecule has 1 aliphatic heterocycles. The molecule has 0 spiro atoms. The van der Waals surface area contributed by atoms with E-state index in [-0.39, 0.29) is 0 Å². The van der Waals surface area contributed by atoms with Gasteiger partial charge in [-0.15, -0.1) is 0 Å². The highest BCUT2D eigenvalue weighted by molar-refractivity contribution is 7.92. The van der Waals surface area contributed by atoms with Crippen LogP contribution in [-0.2, 0) is 22.9 Å². The molecule has 116 valence electrons. The molecule has 0 saturated heterocycles. The van der Waals surface area contributed by atoms with E-state index in [1.54, 1.807) is 12.1 Å². The van der Waals surface area contributed by atoms with E-state index >= 15 is 0 Å². The number of aryl methyl sites for hydroxylation is 1. The summed E-state index contributed by atoms with van der Waals surface area (Å²) in [5, 5.41) is 0. The Morgan fingerprint density at radius 3 is 2.50 bits per heavy atom. The number of hydrogen-bond donors (Lipinski definition) is 0. The standard InChI is InChI=1S/C18H21NO2S/c1-2-3-6-15-9-11-17(12-10-15)22(20,21)19-14-13-16-7-4-5-8-18(16)19/h4-5,7-12H,2-3,6,13-14H2,1H3. The highest BCUT2D eigenvalue weighted by Crippen LogP contribution is 2.32. The topological polar surface area (TPSA) is 37.4 Å². The lowest BCUT2D eigenvalue weighted by atomic mass is 10.1. The van der Waals surface area contributed by atoms with Crippen molar-refractivity contribution in [3.63, 3.8) is 0 Å². The van der Waals surface area contributed by atoms with Gasteiger partial charge in [0.2, 0.25) is 0 Å². The van der Waals surface area contributed by atoms with Gasteiger partial charge < -0.3 is 0 Å². The molecule has 0 fully saturated rings. The van der Waals surface area contributed by atoms with Crippen LogP contribution in [0.4, 0.5) is 5.69 Å².